The molecule has 19 heavy (non-hydrogen) atoms. The molecule has 1 aromatic rings. The number of rotatable bonds is 4. The summed E-state index contributed by atoms with van der Waals surface area (Å²) >= 11 is 1.28. The van der Waals surface area contributed by atoms with Crippen molar-refractivity contribution in [3.8, 4) is 0 Å². The Balaban J connectivity index is 1.87. The van der Waals surface area contributed by atoms with Gasteiger partial charge in [-0.25, -0.2) is 0 Å². The Kier molecular flexibility index (Phi) is 4.52. The SMILES string of the molecule is NC(=O)c1ccsc1NC(=O)CN1CCC(O)CC1. The second-order valence-corrected chi connectivity index (χ2v) is 5.50. The molecule has 6 nitrogen and oxygen atoms in total. The number of nitrogens with zero attached hydrogens (tertiary/aromatic N) is 1. The predicted octanol–water partition coefficient (Wildman–Crippen LogP) is 0.242. The molecule has 4 N–H and O–H groups in total. The second kappa shape index (κ2) is 6.14. The van der Waals surface area contributed by atoms with Crippen molar-refractivity contribution in [2.24, 2.45) is 5.73 Å². The first kappa shape index (κ1) is 14.0. The fourth-order valence-corrected chi connectivity index (χ4v) is 2.86. The van der Waals surface area contributed by atoms with E-state index in [1.54, 1.807) is 11.4 Å². The summed E-state index contributed by atoms with van der Waals surface area (Å²) in [6.45, 7) is 1.69. The van der Waals surface area contributed by atoms with E-state index in [-0.39, 0.29) is 18.6 Å². The van der Waals surface area contributed by atoms with Crippen LogP contribution in [0, 0.1) is 0 Å². The molecular weight excluding hydrogens is 266 g/mol. The zero-order valence-corrected chi connectivity index (χ0v) is 11.3. The lowest BCUT2D eigenvalue weighted by Crippen LogP contribution is -2.40. The lowest BCUT2D eigenvalue weighted by molar-refractivity contribution is -0.117. The van der Waals surface area contributed by atoms with Crippen molar-refractivity contribution < 1.29 is 14.7 Å². The summed E-state index contributed by atoms with van der Waals surface area (Å²) in [4.78, 5) is 25.0. The lowest BCUT2D eigenvalue weighted by Gasteiger charge is -2.28. The molecule has 0 unspecified atom stereocenters. The summed E-state index contributed by atoms with van der Waals surface area (Å²) in [7, 11) is 0. The third kappa shape index (κ3) is 3.76. The normalized spacial score (nSPS) is 17.3. The van der Waals surface area contributed by atoms with E-state index >= 15 is 0 Å². The molecule has 2 amide bonds. The maximum atomic E-state index is 11.9. The molecule has 2 rings (SSSR count). The van der Waals surface area contributed by atoms with E-state index in [0.717, 1.165) is 0 Å². The molecule has 1 fully saturated rings. The zero-order valence-electron chi connectivity index (χ0n) is 10.5. The van der Waals surface area contributed by atoms with Crippen LogP contribution in [0.3, 0.4) is 0 Å². The molecule has 0 aliphatic carbocycles. The first-order valence-corrected chi connectivity index (χ1v) is 7.02. The molecule has 1 saturated heterocycles. The van der Waals surface area contributed by atoms with Crippen LogP contribution in [0.2, 0.25) is 0 Å². The van der Waals surface area contributed by atoms with E-state index < -0.39 is 5.91 Å². The van der Waals surface area contributed by atoms with Crippen LogP contribution < -0.4 is 11.1 Å². The van der Waals surface area contributed by atoms with Gasteiger partial charge in [-0.15, -0.1) is 11.3 Å². The second-order valence-electron chi connectivity index (χ2n) is 4.58. The summed E-state index contributed by atoms with van der Waals surface area (Å²) in [6, 6.07) is 1.60. The number of primary amides is 1. The molecule has 0 aromatic carbocycles. The van der Waals surface area contributed by atoms with Crippen molar-refractivity contribution in [2.75, 3.05) is 25.0 Å². The van der Waals surface area contributed by atoms with Gasteiger partial charge in [0.1, 0.15) is 5.00 Å². The number of anilines is 1. The third-order valence-corrected chi connectivity index (χ3v) is 3.94. The molecule has 1 aliphatic heterocycles. The van der Waals surface area contributed by atoms with Crippen LogP contribution in [0.5, 0.6) is 0 Å². The minimum Gasteiger partial charge on any atom is -0.393 e. The largest absolute Gasteiger partial charge is 0.393 e. The van der Waals surface area contributed by atoms with Crippen LogP contribution >= 0.6 is 11.3 Å². The molecule has 0 radical (unpaired) electrons. The average Bonchev–Trinajstić information content (AvgIpc) is 2.80. The number of aliphatic hydroxyl groups is 1. The van der Waals surface area contributed by atoms with E-state index in [4.69, 9.17) is 5.73 Å². The van der Waals surface area contributed by atoms with Gasteiger partial charge in [-0.05, 0) is 24.3 Å². The van der Waals surface area contributed by atoms with Crippen LogP contribution in [-0.2, 0) is 4.79 Å². The monoisotopic (exact) mass is 283 g/mol. The summed E-state index contributed by atoms with van der Waals surface area (Å²) in [5.74, 6) is -0.709. The van der Waals surface area contributed by atoms with Gasteiger partial charge in [0.25, 0.3) is 5.91 Å². The quantitative estimate of drug-likeness (QED) is 0.737. The van der Waals surface area contributed by atoms with Crippen LogP contribution in [0.25, 0.3) is 0 Å². The molecule has 0 saturated carbocycles. The molecule has 1 aromatic heterocycles. The zero-order chi connectivity index (χ0) is 13.8. The number of nitrogens with one attached hydrogen (secondary N) is 1. The van der Waals surface area contributed by atoms with Gasteiger partial charge in [0, 0.05) is 13.1 Å². The molecule has 104 valence electrons. The molecular formula is C12H17N3O3S. The van der Waals surface area contributed by atoms with Crippen molar-refractivity contribution >= 4 is 28.2 Å². The molecule has 0 atom stereocenters. The number of likely N-dealkylation sites (tertiary alicyclic amines) is 1. The Morgan fingerprint density at radius 1 is 1.47 bits per heavy atom. The van der Waals surface area contributed by atoms with Gasteiger partial charge < -0.3 is 16.2 Å². The van der Waals surface area contributed by atoms with E-state index in [2.05, 4.69) is 5.32 Å². The van der Waals surface area contributed by atoms with Crippen LogP contribution in [-0.4, -0.2) is 47.6 Å². The third-order valence-electron chi connectivity index (χ3n) is 3.11. The maximum Gasteiger partial charge on any atom is 0.251 e. The Morgan fingerprint density at radius 2 is 2.16 bits per heavy atom. The number of amides is 2. The Bertz CT molecular complexity index is 467. The summed E-state index contributed by atoms with van der Waals surface area (Å²) in [5, 5.41) is 14.3. The summed E-state index contributed by atoms with van der Waals surface area (Å²) < 4.78 is 0. The summed E-state index contributed by atoms with van der Waals surface area (Å²) in [5.41, 5.74) is 5.55. The van der Waals surface area contributed by atoms with Gasteiger partial charge in [0.15, 0.2) is 0 Å². The molecule has 7 heteroatoms. The van der Waals surface area contributed by atoms with E-state index in [0.29, 0.717) is 36.5 Å². The van der Waals surface area contributed by atoms with Gasteiger partial charge in [0.05, 0.1) is 18.2 Å². The van der Waals surface area contributed by atoms with E-state index in [1.807, 2.05) is 4.90 Å². The maximum absolute atomic E-state index is 11.9. The molecule has 1 aliphatic rings. The standard InChI is InChI=1S/C12H17N3O3S/c13-11(18)9-3-6-19-12(9)14-10(17)7-15-4-1-8(16)2-5-15/h3,6,8,16H,1-2,4-5,7H2,(H2,13,18)(H,14,17). The number of carbonyl (C=O) groups excluding carboxylic acids is 2. The topological polar surface area (TPSA) is 95.7 Å². The Morgan fingerprint density at radius 3 is 2.79 bits per heavy atom. The van der Waals surface area contributed by atoms with Gasteiger partial charge in [-0.1, -0.05) is 0 Å². The Labute approximate surface area is 115 Å². The van der Waals surface area contributed by atoms with Gasteiger partial charge in [0.2, 0.25) is 5.91 Å². The summed E-state index contributed by atoms with van der Waals surface area (Å²) in [6.07, 6.45) is 1.13. The number of carbonyl (C=O) groups is 2. The number of hydrogen-bond acceptors (Lipinski definition) is 5. The number of thiophene rings is 1. The number of hydrogen-bond donors (Lipinski definition) is 3. The first-order chi connectivity index (χ1) is 9.06. The molecule has 0 bridgehead atoms. The minimum absolute atomic E-state index is 0.165. The highest BCUT2D eigenvalue weighted by atomic mass is 32.1. The lowest BCUT2D eigenvalue weighted by atomic mass is 10.1. The number of piperidine rings is 1. The van der Waals surface area contributed by atoms with Gasteiger partial charge in [-0.3, -0.25) is 14.5 Å². The highest BCUT2D eigenvalue weighted by Crippen LogP contribution is 2.22. The molecule has 0 spiro atoms. The van der Waals surface area contributed by atoms with Gasteiger partial charge >= 0.3 is 0 Å². The van der Waals surface area contributed by atoms with Crippen molar-refractivity contribution in [3.05, 3.63) is 17.0 Å². The molecule has 2 heterocycles. The van der Waals surface area contributed by atoms with Crippen molar-refractivity contribution in [1.82, 2.24) is 4.90 Å². The van der Waals surface area contributed by atoms with Crippen LogP contribution in [0.1, 0.15) is 23.2 Å². The van der Waals surface area contributed by atoms with Crippen LogP contribution in [0.4, 0.5) is 5.00 Å². The van der Waals surface area contributed by atoms with Crippen molar-refractivity contribution in [1.29, 1.82) is 0 Å². The van der Waals surface area contributed by atoms with Crippen molar-refractivity contribution in [2.45, 2.75) is 18.9 Å². The fourth-order valence-electron chi connectivity index (χ4n) is 2.05. The van der Waals surface area contributed by atoms with Gasteiger partial charge in [-0.2, -0.15) is 0 Å². The number of nitrogens with two attached hydrogens (primary N) is 1. The van der Waals surface area contributed by atoms with Crippen molar-refractivity contribution in [3.63, 3.8) is 0 Å². The van der Waals surface area contributed by atoms with Crippen LogP contribution in [0.15, 0.2) is 11.4 Å². The minimum atomic E-state index is -0.544. The van der Waals surface area contributed by atoms with E-state index in [1.165, 1.54) is 11.3 Å². The number of aliphatic hydroxyl groups excluding tert-OH is 1. The first-order valence-electron chi connectivity index (χ1n) is 6.14. The average molecular weight is 283 g/mol. The predicted molar refractivity (Wildman–Crippen MR) is 73.1 cm³/mol. The smallest absolute Gasteiger partial charge is 0.251 e. The highest BCUT2D eigenvalue weighted by molar-refractivity contribution is 7.14. The Hall–Kier alpha value is -1.44. The highest BCUT2D eigenvalue weighted by Gasteiger charge is 2.20. The van der Waals surface area contributed by atoms with E-state index in [9.17, 15) is 14.7 Å². The fraction of sp³-hybridized carbons (Fsp3) is 0.500.